The molecule has 1 rings (SSSR count). The largest absolute Gasteiger partial charge is 0.453 e. The van der Waals surface area contributed by atoms with E-state index < -0.39 is 12.1 Å². The Morgan fingerprint density at radius 1 is 1.41 bits per heavy atom. The van der Waals surface area contributed by atoms with Crippen LogP contribution in [0.15, 0.2) is 0 Å². The molecule has 1 fully saturated rings. The first kappa shape index (κ1) is 14.5. The van der Waals surface area contributed by atoms with Crippen LogP contribution in [0.5, 0.6) is 0 Å². The second kappa shape index (κ2) is 5.88. The lowest BCUT2D eigenvalue weighted by molar-refractivity contribution is -0.124. The highest BCUT2D eigenvalue weighted by atomic mass is 127. The molecule has 1 aliphatic rings. The number of hydrogen-bond acceptors (Lipinski definition) is 3. The molecule has 0 bridgehead atoms. The van der Waals surface area contributed by atoms with Gasteiger partial charge in [0.25, 0.3) is 0 Å². The zero-order valence-electron chi connectivity index (χ0n) is 10.4. The van der Waals surface area contributed by atoms with Crippen molar-refractivity contribution in [2.45, 2.75) is 36.2 Å². The summed E-state index contributed by atoms with van der Waals surface area (Å²) in [5, 5.41) is 5.43. The van der Waals surface area contributed by atoms with Gasteiger partial charge in [0.2, 0.25) is 5.91 Å². The Morgan fingerprint density at radius 3 is 2.41 bits per heavy atom. The van der Waals surface area contributed by atoms with E-state index in [1.54, 1.807) is 0 Å². The Balaban J connectivity index is 2.45. The first-order chi connectivity index (χ1) is 7.88. The van der Waals surface area contributed by atoms with Crippen LogP contribution >= 0.6 is 22.6 Å². The smallest absolute Gasteiger partial charge is 0.407 e. The van der Waals surface area contributed by atoms with Crippen molar-refractivity contribution >= 4 is 34.6 Å². The summed E-state index contributed by atoms with van der Waals surface area (Å²) in [7, 11) is 1.29. The van der Waals surface area contributed by atoms with Gasteiger partial charge in [0.15, 0.2) is 0 Å². The molecule has 1 atom stereocenters. The number of rotatable bonds is 5. The fraction of sp³-hybridized carbons (Fsp3) is 0.818. The molecule has 0 unspecified atom stereocenters. The third-order valence-corrected chi connectivity index (χ3v) is 4.24. The Labute approximate surface area is 115 Å². The molecule has 98 valence electrons. The molecule has 0 aliphatic heterocycles. The molecule has 0 aromatic carbocycles. The van der Waals surface area contributed by atoms with E-state index in [9.17, 15) is 9.59 Å². The monoisotopic (exact) mass is 354 g/mol. The number of carbonyl (C=O) groups is 2. The number of amides is 2. The zero-order chi connectivity index (χ0) is 13.1. The van der Waals surface area contributed by atoms with Crippen molar-refractivity contribution < 1.29 is 14.3 Å². The fourth-order valence-corrected chi connectivity index (χ4v) is 1.85. The number of halogens is 1. The molecular weight excluding hydrogens is 335 g/mol. The van der Waals surface area contributed by atoms with Crippen molar-refractivity contribution in [3.63, 3.8) is 0 Å². The van der Waals surface area contributed by atoms with Crippen LogP contribution in [-0.4, -0.2) is 35.1 Å². The zero-order valence-corrected chi connectivity index (χ0v) is 12.5. The minimum absolute atomic E-state index is 0.0264. The Bertz CT molecular complexity index is 303. The maximum absolute atomic E-state index is 11.9. The SMILES string of the molecule is COC(=O)N[C@H](C(=O)NCC1(I)CC1)C(C)C. The lowest BCUT2D eigenvalue weighted by Gasteiger charge is -2.21. The van der Waals surface area contributed by atoms with Gasteiger partial charge < -0.3 is 15.4 Å². The normalized spacial score (nSPS) is 18.4. The van der Waals surface area contributed by atoms with Gasteiger partial charge >= 0.3 is 6.09 Å². The number of alkyl halides is 1. The molecular formula is C11H19IN2O3. The van der Waals surface area contributed by atoms with Gasteiger partial charge in [0.05, 0.1) is 7.11 Å². The van der Waals surface area contributed by atoms with Crippen molar-refractivity contribution in [3.05, 3.63) is 0 Å². The van der Waals surface area contributed by atoms with E-state index in [4.69, 9.17) is 0 Å². The van der Waals surface area contributed by atoms with Gasteiger partial charge in [0, 0.05) is 9.97 Å². The number of ether oxygens (including phenoxy) is 1. The van der Waals surface area contributed by atoms with E-state index in [0.717, 1.165) is 12.8 Å². The Morgan fingerprint density at radius 2 is 2.00 bits per heavy atom. The summed E-state index contributed by atoms with van der Waals surface area (Å²) in [5.74, 6) is -0.119. The number of methoxy groups -OCH3 is 1. The fourth-order valence-electron chi connectivity index (χ4n) is 1.39. The van der Waals surface area contributed by atoms with Crippen molar-refractivity contribution in [2.75, 3.05) is 13.7 Å². The van der Waals surface area contributed by atoms with Crippen LogP contribution < -0.4 is 10.6 Å². The average molecular weight is 354 g/mol. The minimum atomic E-state index is -0.575. The van der Waals surface area contributed by atoms with Crippen molar-refractivity contribution in [3.8, 4) is 0 Å². The van der Waals surface area contributed by atoms with Crippen molar-refractivity contribution in [1.82, 2.24) is 10.6 Å². The van der Waals surface area contributed by atoms with Crippen LogP contribution in [0.25, 0.3) is 0 Å². The van der Waals surface area contributed by atoms with Crippen LogP contribution in [0, 0.1) is 5.92 Å². The third-order valence-electron chi connectivity index (χ3n) is 2.78. The Hall–Kier alpha value is -0.530. The van der Waals surface area contributed by atoms with E-state index in [-0.39, 0.29) is 15.2 Å². The summed E-state index contributed by atoms with van der Waals surface area (Å²) in [6, 6.07) is -0.541. The van der Waals surface area contributed by atoms with Crippen LogP contribution in [0.4, 0.5) is 4.79 Å². The minimum Gasteiger partial charge on any atom is -0.453 e. The van der Waals surface area contributed by atoms with E-state index in [2.05, 4.69) is 38.0 Å². The van der Waals surface area contributed by atoms with Crippen LogP contribution in [-0.2, 0) is 9.53 Å². The lowest BCUT2D eigenvalue weighted by atomic mass is 10.0. The van der Waals surface area contributed by atoms with Gasteiger partial charge in [0.1, 0.15) is 6.04 Å². The van der Waals surface area contributed by atoms with Gasteiger partial charge in [-0.1, -0.05) is 36.4 Å². The predicted molar refractivity (Wildman–Crippen MR) is 73.2 cm³/mol. The van der Waals surface area contributed by atoms with Crippen LogP contribution in [0.1, 0.15) is 26.7 Å². The molecule has 0 spiro atoms. The third kappa shape index (κ3) is 4.69. The number of nitrogens with one attached hydrogen (secondary N) is 2. The first-order valence-corrected chi connectivity index (χ1v) is 6.77. The maximum atomic E-state index is 11.9. The highest BCUT2D eigenvalue weighted by molar-refractivity contribution is 14.1. The van der Waals surface area contributed by atoms with Gasteiger partial charge in [-0.15, -0.1) is 0 Å². The van der Waals surface area contributed by atoms with Crippen LogP contribution in [0.2, 0.25) is 0 Å². The molecule has 1 saturated carbocycles. The maximum Gasteiger partial charge on any atom is 0.407 e. The molecule has 1 aliphatic carbocycles. The molecule has 0 radical (unpaired) electrons. The molecule has 17 heavy (non-hydrogen) atoms. The molecule has 0 saturated heterocycles. The van der Waals surface area contributed by atoms with Crippen molar-refractivity contribution in [1.29, 1.82) is 0 Å². The topological polar surface area (TPSA) is 67.4 Å². The highest BCUT2D eigenvalue weighted by Gasteiger charge is 2.40. The molecule has 0 heterocycles. The van der Waals surface area contributed by atoms with E-state index in [1.807, 2.05) is 13.8 Å². The predicted octanol–water partition coefficient (Wildman–Crippen LogP) is 1.45. The lowest BCUT2D eigenvalue weighted by Crippen LogP contribution is -2.50. The average Bonchev–Trinajstić information content (AvgIpc) is 3.01. The van der Waals surface area contributed by atoms with E-state index in [1.165, 1.54) is 7.11 Å². The van der Waals surface area contributed by atoms with E-state index >= 15 is 0 Å². The molecule has 0 aromatic rings. The standard InChI is InChI=1S/C11H19IN2O3/c1-7(2)8(14-10(16)17-3)9(15)13-6-11(12)4-5-11/h7-8H,4-6H2,1-3H3,(H,13,15)(H,14,16)/t8-/m0/s1. The van der Waals surface area contributed by atoms with E-state index in [0.29, 0.717) is 6.54 Å². The summed E-state index contributed by atoms with van der Waals surface area (Å²) in [5.41, 5.74) is 0. The number of alkyl carbamates (subject to hydrolysis) is 1. The quantitative estimate of drug-likeness (QED) is 0.580. The summed E-state index contributed by atoms with van der Waals surface area (Å²) in [6.07, 6.45) is 1.71. The molecule has 2 N–H and O–H groups in total. The second-order valence-corrected chi connectivity index (χ2v) is 7.01. The summed E-state index contributed by atoms with van der Waals surface area (Å²) < 4.78 is 4.74. The highest BCUT2D eigenvalue weighted by Crippen LogP contribution is 2.44. The molecule has 0 aromatic heterocycles. The summed E-state index contributed by atoms with van der Waals surface area (Å²) in [4.78, 5) is 23.1. The van der Waals surface area contributed by atoms with Crippen molar-refractivity contribution in [2.24, 2.45) is 5.92 Å². The van der Waals surface area contributed by atoms with Gasteiger partial charge in [-0.2, -0.15) is 0 Å². The van der Waals surface area contributed by atoms with Crippen LogP contribution in [0.3, 0.4) is 0 Å². The second-order valence-electron chi connectivity index (χ2n) is 4.73. The summed E-state index contributed by atoms with van der Waals surface area (Å²) in [6.45, 7) is 4.44. The Kier molecular flexibility index (Phi) is 5.03. The molecule has 2 amide bonds. The van der Waals surface area contributed by atoms with Gasteiger partial charge in [-0.05, 0) is 18.8 Å². The summed E-state index contributed by atoms with van der Waals surface area (Å²) >= 11 is 2.37. The number of hydrogen-bond donors (Lipinski definition) is 2. The molecule has 6 heteroatoms. The van der Waals surface area contributed by atoms with Gasteiger partial charge in [-0.3, -0.25) is 4.79 Å². The number of carbonyl (C=O) groups excluding carboxylic acids is 2. The first-order valence-electron chi connectivity index (χ1n) is 5.69. The van der Waals surface area contributed by atoms with Gasteiger partial charge in [-0.25, -0.2) is 4.79 Å². The molecule has 5 nitrogen and oxygen atoms in total.